The van der Waals surface area contributed by atoms with E-state index in [1.807, 2.05) is 0 Å². The number of nitrogens with one attached hydrogen (secondary N) is 1. The topological polar surface area (TPSA) is 53.1 Å². The molecule has 0 amide bonds. The van der Waals surface area contributed by atoms with Crippen LogP contribution in [0.25, 0.3) is 0 Å². The summed E-state index contributed by atoms with van der Waals surface area (Å²) < 4.78 is 0. The average molecular weight is 231 g/mol. The van der Waals surface area contributed by atoms with Crippen molar-refractivity contribution in [3.63, 3.8) is 0 Å². The first-order valence-corrected chi connectivity index (χ1v) is 6.27. The Hall–Kier alpha value is -1.35. The number of hydrogen-bond donors (Lipinski definition) is 2. The molecule has 17 heavy (non-hydrogen) atoms. The van der Waals surface area contributed by atoms with E-state index >= 15 is 0 Å². The molecule has 92 valence electrons. The molecule has 1 heterocycles. The summed E-state index contributed by atoms with van der Waals surface area (Å²) in [5, 5.41) is 7.54. The Morgan fingerprint density at radius 3 is 2.76 bits per heavy atom. The standard InChI is InChI=1S/C14H21N3/c1-11-4-6-12(7-5-11)9-17-8-2-3-13(10-17)14(15)16/h4-7,13H,2-3,8-10H2,1H3,(H3,15,16). The predicted molar refractivity (Wildman–Crippen MR) is 71.1 cm³/mol. The van der Waals surface area contributed by atoms with E-state index in [2.05, 4.69) is 36.1 Å². The van der Waals surface area contributed by atoms with Crippen LogP contribution >= 0.6 is 0 Å². The Morgan fingerprint density at radius 1 is 1.41 bits per heavy atom. The molecular formula is C14H21N3. The molecule has 1 fully saturated rings. The Morgan fingerprint density at radius 2 is 2.12 bits per heavy atom. The first kappa shape index (κ1) is 12.1. The van der Waals surface area contributed by atoms with Crippen molar-refractivity contribution in [2.45, 2.75) is 26.3 Å². The van der Waals surface area contributed by atoms with Gasteiger partial charge in [0.2, 0.25) is 0 Å². The van der Waals surface area contributed by atoms with Gasteiger partial charge in [0.1, 0.15) is 0 Å². The van der Waals surface area contributed by atoms with Gasteiger partial charge in [-0.05, 0) is 31.9 Å². The zero-order valence-electron chi connectivity index (χ0n) is 10.4. The SMILES string of the molecule is Cc1ccc(CN2CCCC(C(=N)N)C2)cc1. The Kier molecular flexibility index (Phi) is 3.79. The highest BCUT2D eigenvalue weighted by Gasteiger charge is 2.21. The maximum Gasteiger partial charge on any atom is 0.0949 e. The molecule has 0 saturated carbocycles. The predicted octanol–water partition coefficient (Wildman–Crippen LogP) is 2.14. The van der Waals surface area contributed by atoms with Crippen LogP contribution < -0.4 is 5.73 Å². The molecule has 1 saturated heterocycles. The Balaban J connectivity index is 1.94. The van der Waals surface area contributed by atoms with Gasteiger partial charge in [0.15, 0.2) is 0 Å². The summed E-state index contributed by atoms with van der Waals surface area (Å²) in [4.78, 5) is 2.40. The number of aryl methyl sites for hydroxylation is 1. The number of likely N-dealkylation sites (tertiary alicyclic amines) is 1. The minimum atomic E-state index is 0.259. The Bertz CT molecular complexity index is 383. The van der Waals surface area contributed by atoms with Crippen LogP contribution in [0.5, 0.6) is 0 Å². The van der Waals surface area contributed by atoms with Crippen molar-refractivity contribution in [2.24, 2.45) is 11.7 Å². The highest BCUT2D eigenvalue weighted by molar-refractivity contribution is 5.79. The van der Waals surface area contributed by atoms with Gasteiger partial charge in [-0.2, -0.15) is 0 Å². The van der Waals surface area contributed by atoms with Crippen molar-refractivity contribution in [2.75, 3.05) is 13.1 Å². The van der Waals surface area contributed by atoms with Crippen LogP contribution in [0, 0.1) is 18.3 Å². The van der Waals surface area contributed by atoms with E-state index in [9.17, 15) is 0 Å². The van der Waals surface area contributed by atoms with E-state index in [0.717, 1.165) is 32.5 Å². The zero-order valence-corrected chi connectivity index (χ0v) is 10.4. The van der Waals surface area contributed by atoms with Crippen LogP contribution in [0.2, 0.25) is 0 Å². The van der Waals surface area contributed by atoms with Gasteiger partial charge < -0.3 is 5.73 Å². The summed E-state index contributed by atoms with van der Waals surface area (Å²) in [6.07, 6.45) is 2.22. The molecule has 1 aromatic carbocycles. The van der Waals surface area contributed by atoms with Gasteiger partial charge >= 0.3 is 0 Å². The summed E-state index contributed by atoms with van der Waals surface area (Å²) in [5.74, 6) is 0.604. The summed E-state index contributed by atoms with van der Waals surface area (Å²) in [6, 6.07) is 8.68. The summed E-state index contributed by atoms with van der Waals surface area (Å²) in [5.41, 5.74) is 8.25. The third-order valence-electron chi connectivity index (χ3n) is 3.47. The maximum atomic E-state index is 7.54. The van der Waals surface area contributed by atoms with Crippen molar-refractivity contribution in [3.05, 3.63) is 35.4 Å². The fraction of sp³-hybridized carbons (Fsp3) is 0.500. The molecular weight excluding hydrogens is 210 g/mol. The molecule has 1 atom stereocenters. The lowest BCUT2D eigenvalue weighted by Gasteiger charge is -2.32. The lowest BCUT2D eigenvalue weighted by molar-refractivity contribution is 0.196. The molecule has 0 spiro atoms. The molecule has 1 aromatic rings. The van der Waals surface area contributed by atoms with Gasteiger partial charge in [-0.1, -0.05) is 29.8 Å². The van der Waals surface area contributed by atoms with Gasteiger partial charge in [-0.15, -0.1) is 0 Å². The normalized spacial score (nSPS) is 21.4. The average Bonchev–Trinajstić information content (AvgIpc) is 2.32. The molecule has 0 aromatic heterocycles. The van der Waals surface area contributed by atoms with Crippen LogP contribution in [-0.4, -0.2) is 23.8 Å². The van der Waals surface area contributed by atoms with E-state index in [1.54, 1.807) is 0 Å². The lowest BCUT2D eigenvalue weighted by atomic mass is 9.96. The summed E-state index contributed by atoms with van der Waals surface area (Å²) in [7, 11) is 0. The van der Waals surface area contributed by atoms with Gasteiger partial charge in [0, 0.05) is 19.0 Å². The highest BCUT2D eigenvalue weighted by atomic mass is 15.1. The van der Waals surface area contributed by atoms with E-state index in [-0.39, 0.29) is 5.92 Å². The van der Waals surface area contributed by atoms with Crippen LogP contribution in [0.15, 0.2) is 24.3 Å². The number of nitrogens with two attached hydrogens (primary N) is 1. The van der Waals surface area contributed by atoms with E-state index < -0.39 is 0 Å². The molecule has 0 radical (unpaired) electrons. The van der Waals surface area contributed by atoms with Gasteiger partial charge in [0.25, 0.3) is 0 Å². The molecule has 3 nitrogen and oxygen atoms in total. The van der Waals surface area contributed by atoms with Crippen molar-refractivity contribution < 1.29 is 0 Å². The molecule has 3 N–H and O–H groups in total. The quantitative estimate of drug-likeness (QED) is 0.618. The smallest absolute Gasteiger partial charge is 0.0949 e. The second-order valence-electron chi connectivity index (χ2n) is 5.02. The first-order valence-electron chi connectivity index (χ1n) is 6.27. The third-order valence-corrected chi connectivity index (χ3v) is 3.47. The van der Waals surface area contributed by atoms with Crippen LogP contribution in [-0.2, 0) is 6.54 Å². The Labute approximate surface area is 103 Å². The molecule has 3 heteroatoms. The van der Waals surface area contributed by atoms with E-state index in [4.69, 9.17) is 11.1 Å². The van der Waals surface area contributed by atoms with Crippen molar-refractivity contribution in [1.29, 1.82) is 5.41 Å². The number of amidine groups is 1. The van der Waals surface area contributed by atoms with Gasteiger partial charge in [0.05, 0.1) is 5.84 Å². The summed E-state index contributed by atoms with van der Waals surface area (Å²) >= 11 is 0. The van der Waals surface area contributed by atoms with Crippen LogP contribution in [0.4, 0.5) is 0 Å². The van der Waals surface area contributed by atoms with E-state index in [1.165, 1.54) is 11.1 Å². The third kappa shape index (κ3) is 3.30. The van der Waals surface area contributed by atoms with Crippen LogP contribution in [0.3, 0.4) is 0 Å². The number of rotatable bonds is 3. The highest BCUT2D eigenvalue weighted by Crippen LogP contribution is 2.18. The van der Waals surface area contributed by atoms with Gasteiger partial charge in [-0.3, -0.25) is 10.3 Å². The fourth-order valence-electron chi connectivity index (χ4n) is 2.40. The number of hydrogen-bond acceptors (Lipinski definition) is 2. The molecule has 1 aliphatic rings. The monoisotopic (exact) mass is 231 g/mol. The minimum Gasteiger partial charge on any atom is -0.387 e. The lowest BCUT2D eigenvalue weighted by Crippen LogP contribution is -2.40. The molecule has 2 rings (SSSR count). The van der Waals surface area contributed by atoms with Crippen molar-refractivity contribution in [3.8, 4) is 0 Å². The maximum absolute atomic E-state index is 7.54. The largest absolute Gasteiger partial charge is 0.387 e. The van der Waals surface area contributed by atoms with Crippen molar-refractivity contribution >= 4 is 5.84 Å². The van der Waals surface area contributed by atoms with Crippen molar-refractivity contribution in [1.82, 2.24) is 4.90 Å². The number of benzene rings is 1. The number of piperidine rings is 1. The minimum absolute atomic E-state index is 0.259. The molecule has 0 aliphatic carbocycles. The zero-order chi connectivity index (χ0) is 12.3. The molecule has 1 aliphatic heterocycles. The summed E-state index contributed by atoms with van der Waals surface area (Å²) in [6.45, 7) is 5.14. The first-order chi connectivity index (χ1) is 8.15. The fourth-order valence-corrected chi connectivity index (χ4v) is 2.40. The van der Waals surface area contributed by atoms with Crippen LogP contribution in [0.1, 0.15) is 24.0 Å². The number of nitrogens with zero attached hydrogens (tertiary/aromatic N) is 1. The second-order valence-corrected chi connectivity index (χ2v) is 5.02. The molecule has 0 bridgehead atoms. The second kappa shape index (κ2) is 5.32. The van der Waals surface area contributed by atoms with E-state index in [0.29, 0.717) is 5.84 Å². The molecule has 1 unspecified atom stereocenters. The van der Waals surface area contributed by atoms with Gasteiger partial charge in [-0.25, -0.2) is 0 Å².